The summed E-state index contributed by atoms with van der Waals surface area (Å²) in [6.07, 6.45) is 1.11. The van der Waals surface area contributed by atoms with Crippen molar-refractivity contribution in [3.05, 3.63) is 80.8 Å². The van der Waals surface area contributed by atoms with E-state index in [1.54, 1.807) is 12.1 Å². The minimum Gasteiger partial charge on any atom is -0.493 e. The quantitative estimate of drug-likeness (QED) is 0.463. The summed E-state index contributed by atoms with van der Waals surface area (Å²) in [6.45, 7) is 0.0439. The Balaban J connectivity index is 1.88. The normalized spacial score (nSPS) is 14.4. The van der Waals surface area contributed by atoms with Crippen molar-refractivity contribution in [3.8, 4) is 34.1 Å². The van der Waals surface area contributed by atoms with Crippen molar-refractivity contribution >= 4 is 0 Å². The number of nitrogens with one attached hydrogen (secondary N) is 1. The SMILES string of the molecule is COc1cc2c(c(OC)c1OC)-c1ccc(OC)c(=O)cc1[C@@H](NCc1cc(F)c(F)c(F)c1)CC2. The van der Waals surface area contributed by atoms with Gasteiger partial charge >= 0.3 is 0 Å². The number of hydrogen-bond acceptors (Lipinski definition) is 6. The first-order valence-electron chi connectivity index (χ1n) is 11.2. The lowest BCUT2D eigenvalue weighted by molar-refractivity contribution is 0.324. The minimum atomic E-state index is -1.51. The molecule has 4 rings (SSSR count). The molecule has 0 aliphatic heterocycles. The third kappa shape index (κ3) is 4.58. The van der Waals surface area contributed by atoms with E-state index in [1.165, 1.54) is 34.5 Å². The average Bonchev–Trinajstić information content (AvgIpc) is 3.12. The number of methoxy groups -OCH3 is 4. The Hall–Kier alpha value is -3.72. The van der Waals surface area contributed by atoms with Gasteiger partial charge in [0, 0.05) is 18.2 Å². The third-order valence-electron chi connectivity index (χ3n) is 6.32. The molecule has 0 heterocycles. The lowest BCUT2D eigenvalue weighted by atomic mass is 9.95. The van der Waals surface area contributed by atoms with Crippen LogP contribution in [-0.2, 0) is 13.0 Å². The largest absolute Gasteiger partial charge is 0.493 e. The summed E-state index contributed by atoms with van der Waals surface area (Å²) in [4.78, 5) is 12.9. The molecular weight excluding hydrogens is 475 g/mol. The molecule has 0 aromatic heterocycles. The third-order valence-corrected chi connectivity index (χ3v) is 6.32. The highest BCUT2D eigenvalue weighted by molar-refractivity contribution is 5.82. The van der Waals surface area contributed by atoms with Gasteiger partial charge in [-0.25, -0.2) is 13.2 Å². The van der Waals surface area contributed by atoms with Gasteiger partial charge in [-0.3, -0.25) is 4.79 Å². The summed E-state index contributed by atoms with van der Waals surface area (Å²) in [5.41, 5.74) is 2.91. The molecule has 1 N–H and O–H groups in total. The maximum absolute atomic E-state index is 13.8. The van der Waals surface area contributed by atoms with E-state index in [0.29, 0.717) is 41.2 Å². The number of aryl methyl sites for hydroxylation is 1. The molecule has 1 aliphatic carbocycles. The van der Waals surface area contributed by atoms with E-state index in [9.17, 15) is 18.0 Å². The zero-order valence-electron chi connectivity index (χ0n) is 20.3. The van der Waals surface area contributed by atoms with E-state index in [-0.39, 0.29) is 23.3 Å². The van der Waals surface area contributed by atoms with Gasteiger partial charge in [-0.05, 0) is 65.4 Å². The van der Waals surface area contributed by atoms with Crippen LogP contribution in [0.5, 0.6) is 23.0 Å². The molecule has 1 aliphatic rings. The fourth-order valence-corrected chi connectivity index (χ4v) is 4.63. The van der Waals surface area contributed by atoms with Crippen LogP contribution >= 0.6 is 0 Å². The van der Waals surface area contributed by atoms with Crippen LogP contribution in [0.25, 0.3) is 11.1 Å². The van der Waals surface area contributed by atoms with Crippen LogP contribution in [0, 0.1) is 17.5 Å². The molecule has 0 unspecified atom stereocenters. The molecule has 3 aromatic carbocycles. The Morgan fingerprint density at radius 3 is 2.14 bits per heavy atom. The average molecular weight is 502 g/mol. The summed E-state index contributed by atoms with van der Waals surface area (Å²) >= 11 is 0. The molecule has 9 heteroatoms. The van der Waals surface area contributed by atoms with Gasteiger partial charge in [0.15, 0.2) is 34.7 Å². The second-order valence-corrected chi connectivity index (χ2v) is 8.30. The first-order chi connectivity index (χ1) is 17.3. The summed E-state index contributed by atoms with van der Waals surface area (Å²) in [5, 5.41) is 3.28. The predicted octanol–water partition coefficient (Wildman–Crippen LogP) is 4.94. The number of benzene rings is 2. The summed E-state index contributed by atoms with van der Waals surface area (Å²) in [5.74, 6) is -2.52. The van der Waals surface area contributed by atoms with Crippen LogP contribution in [0.1, 0.15) is 29.2 Å². The van der Waals surface area contributed by atoms with E-state index < -0.39 is 23.5 Å². The lowest BCUT2D eigenvalue weighted by Crippen LogP contribution is -2.22. The minimum absolute atomic E-state index is 0.0439. The topological polar surface area (TPSA) is 66.0 Å². The Kier molecular flexibility index (Phi) is 7.40. The Labute approximate surface area is 206 Å². The summed E-state index contributed by atoms with van der Waals surface area (Å²) in [6, 6.07) is 8.23. The van der Waals surface area contributed by atoms with Gasteiger partial charge < -0.3 is 24.3 Å². The molecule has 0 amide bonds. The van der Waals surface area contributed by atoms with Crippen molar-refractivity contribution in [3.63, 3.8) is 0 Å². The maximum atomic E-state index is 13.8. The molecule has 190 valence electrons. The fraction of sp³-hybridized carbons (Fsp3) is 0.296. The summed E-state index contributed by atoms with van der Waals surface area (Å²) < 4.78 is 63.1. The molecular formula is C27H26F3NO5. The van der Waals surface area contributed by atoms with E-state index in [2.05, 4.69) is 5.32 Å². The predicted molar refractivity (Wildman–Crippen MR) is 129 cm³/mol. The first kappa shape index (κ1) is 25.4. The Morgan fingerprint density at radius 2 is 1.53 bits per heavy atom. The second kappa shape index (κ2) is 10.5. The number of hydrogen-bond donors (Lipinski definition) is 1. The van der Waals surface area contributed by atoms with Gasteiger partial charge in [-0.2, -0.15) is 0 Å². The van der Waals surface area contributed by atoms with E-state index in [1.807, 2.05) is 6.07 Å². The van der Waals surface area contributed by atoms with Crippen molar-refractivity contribution in [2.75, 3.05) is 28.4 Å². The zero-order valence-corrected chi connectivity index (χ0v) is 20.3. The molecule has 0 saturated heterocycles. The van der Waals surface area contributed by atoms with E-state index >= 15 is 0 Å². The van der Waals surface area contributed by atoms with Gasteiger partial charge in [-0.15, -0.1) is 0 Å². The monoisotopic (exact) mass is 501 g/mol. The highest BCUT2D eigenvalue weighted by Crippen LogP contribution is 2.50. The number of rotatable bonds is 7. The molecule has 1 atom stereocenters. The van der Waals surface area contributed by atoms with Gasteiger partial charge in [0.05, 0.1) is 28.4 Å². The number of ether oxygens (including phenoxy) is 4. The molecule has 0 radical (unpaired) electrons. The first-order valence-corrected chi connectivity index (χ1v) is 11.2. The van der Waals surface area contributed by atoms with Crippen LogP contribution in [0.4, 0.5) is 13.2 Å². The molecule has 0 saturated carbocycles. The van der Waals surface area contributed by atoms with Gasteiger partial charge in [0.2, 0.25) is 11.2 Å². The van der Waals surface area contributed by atoms with Crippen LogP contribution in [0.2, 0.25) is 0 Å². The highest BCUT2D eigenvalue weighted by Gasteiger charge is 2.29. The Morgan fingerprint density at radius 1 is 0.861 bits per heavy atom. The smallest absolute Gasteiger partial charge is 0.220 e. The van der Waals surface area contributed by atoms with Gasteiger partial charge in [0.25, 0.3) is 0 Å². The second-order valence-electron chi connectivity index (χ2n) is 8.30. The lowest BCUT2D eigenvalue weighted by Gasteiger charge is -2.20. The highest BCUT2D eigenvalue weighted by atomic mass is 19.2. The molecule has 0 bridgehead atoms. The molecule has 36 heavy (non-hydrogen) atoms. The molecule has 0 spiro atoms. The van der Waals surface area contributed by atoms with E-state index in [4.69, 9.17) is 18.9 Å². The van der Waals surface area contributed by atoms with Crippen molar-refractivity contribution in [2.45, 2.75) is 25.4 Å². The maximum Gasteiger partial charge on any atom is 0.220 e. The molecule has 3 aromatic rings. The van der Waals surface area contributed by atoms with Crippen LogP contribution < -0.4 is 29.7 Å². The zero-order chi connectivity index (χ0) is 26.0. The standard InChI is InChI=1S/C27H26F3NO5/c1-33-22-8-6-16-17(12-21(22)32)20(31-13-14-9-18(28)25(30)19(29)10-14)7-5-15-11-23(34-2)26(35-3)27(36-4)24(15)16/h6,8-12,20,31H,5,7,13H2,1-4H3/t20-/m0/s1. The van der Waals surface area contributed by atoms with Crippen LogP contribution in [0.3, 0.4) is 0 Å². The number of fused-ring (bicyclic) bond motifs is 3. The van der Waals surface area contributed by atoms with Crippen molar-refractivity contribution in [1.29, 1.82) is 0 Å². The van der Waals surface area contributed by atoms with Crippen LogP contribution in [0.15, 0.2) is 41.2 Å². The summed E-state index contributed by atoms with van der Waals surface area (Å²) in [7, 11) is 5.99. The fourth-order valence-electron chi connectivity index (χ4n) is 4.63. The van der Waals surface area contributed by atoms with Gasteiger partial charge in [0.1, 0.15) is 0 Å². The van der Waals surface area contributed by atoms with Gasteiger partial charge in [-0.1, -0.05) is 6.07 Å². The molecule has 6 nitrogen and oxygen atoms in total. The Bertz CT molecular complexity index is 1340. The molecule has 0 fully saturated rings. The van der Waals surface area contributed by atoms with Crippen molar-refractivity contribution in [2.24, 2.45) is 0 Å². The van der Waals surface area contributed by atoms with Crippen LogP contribution in [-0.4, -0.2) is 28.4 Å². The van der Waals surface area contributed by atoms with Crippen molar-refractivity contribution in [1.82, 2.24) is 5.32 Å². The number of halogens is 3. The van der Waals surface area contributed by atoms with E-state index in [0.717, 1.165) is 23.3 Å². The van der Waals surface area contributed by atoms with Crippen molar-refractivity contribution < 1.29 is 32.1 Å².